The average molecular weight is 252 g/mol. The quantitative estimate of drug-likeness (QED) is 0.642. The van der Waals surface area contributed by atoms with Crippen LogP contribution in [0.2, 0.25) is 0 Å². The van der Waals surface area contributed by atoms with Gasteiger partial charge in [-0.05, 0) is 37.6 Å². The maximum Gasteiger partial charge on any atom is 0.243 e. The van der Waals surface area contributed by atoms with Crippen LogP contribution in [0.4, 0.5) is 5.69 Å². The van der Waals surface area contributed by atoms with Crippen molar-refractivity contribution in [2.45, 2.75) is 18.2 Å². The molecule has 0 aromatic heterocycles. The lowest BCUT2D eigenvalue weighted by molar-refractivity contribution is 0.428. The highest BCUT2D eigenvalue weighted by Crippen LogP contribution is 2.21. The molecule has 1 aliphatic rings. The number of sulfonamides is 1. The summed E-state index contributed by atoms with van der Waals surface area (Å²) in [4.78, 5) is 0.307. The van der Waals surface area contributed by atoms with Crippen LogP contribution in [0, 0.1) is 0 Å². The Bertz CT molecular complexity index is 532. The number of anilines is 1. The maximum absolute atomic E-state index is 12.3. The van der Waals surface area contributed by atoms with E-state index in [1.54, 1.807) is 24.3 Å². The summed E-state index contributed by atoms with van der Waals surface area (Å²) in [7, 11) is -3.37. The van der Waals surface area contributed by atoms with Gasteiger partial charge in [-0.25, -0.2) is 8.42 Å². The van der Waals surface area contributed by atoms with E-state index in [0.29, 0.717) is 23.7 Å². The molecular weight excluding hydrogens is 236 g/mol. The summed E-state index contributed by atoms with van der Waals surface area (Å²) >= 11 is 0. The van der Waals surface area contributed by atoms with Crippen molar-refractivity contribution in [2.75, 3.05) is 18.8 Å². The van der Waals surface area contributed by atoms with Gasteiger partial charge in [0.25, 0.3) is 0 Å². The fraction of sp³-hybridized carbons (Fsp3) is 0.333. The van der Waals surface area contributed by atoms with Crippen molar-refractivity contribution < 1.29 is 8.42 Å². The van der Waals surface area contributed by atoms with E-state index in [9.17, 15) is 8.42 Å². The van der Waals surface area contributed by atoms with E-state index in [2.05, 4.69) is 6.08 Å². The van der Waals surface area contributed by atoms with Gasteiger partial charge >= 0.3 is 0 Å². The van der Waals surface area contributed by atoms with E-state index in [1.165, 1.54) is 4.31 Å². The van der Waals surface area contributed by atoms with Gasteiger partial charge in [-0.2, -0.15) is 4.31 Å². The van der Waals surface area contributed by atoms with Crippen molar-refractivity contribution in [1.29, 1.82) is 0 Å². The van der Waals surface area contributed by atoms with Gasteiger partial charge in [-0.15, -0.1) is 0 Å². The van der Waals surface area contributed by atoms with E-state index in [4.69, 9.17) is 5.73 Å². The largest absolute Gasteiger partial charge is 0.399 e. The molecule has 0 aliphatic carbocycles. The Kier molecular flexibility index (Phi) is 3.22. The highest BCUT2D eigenvalue weighted by molar-refractivity contribution is 7.89. The lowest BCUT2D eigenvalue weighted by Gasteiger charge is -2.25. The lowest BCUT2D eigenvalue weighted by Crippen LogP contribution is -2.35. The van der Waals surface area contributed by atoms with Crippen LogP contribution in [0.25, 0.3) is 0 Å². The minimum absolute atomic E-state index is 0.307. The van der Waals surface area contributed by atoms with Crippen molar-refractivity contribution in [3.63, 3.8) is 0 Å². The molecule has 17 heavy (non-hydrogen) atoms. The smallest absolute Gasteiger partial charge is 0.243 e. The minimum atomic E-state index is -3.37. The van der Waals surface area contributed by atoms with Crippen molar-refractivity contribution in [3.05, 3.63) is 35.9 Å². The summed E-state index contributed by atoms with van der Waals surface area (Å²) in [6.45, 7) is 2.97. The molecule has 0 spiro atoms. The fourth-order valence-electron chi connectivity index (χ4n) is 1.87. The number of hydrogen-bond acceptors (Lipinski definition) is 3. The summed E-state index contributed by atoms with van der Waals surface area (Å²) in [5.41, 5.74) is 7.21. The first-order valence-corrected chi connectivity index (χ1v) is 6.95. The van der Waals surface area contributed by atoms with Gasteiger partial charge in [-0.1, -0.05) is 11.6 Å². The Balaban J connectivity index is 2.30. The predicted octanol–water partition coefficient (Wildman–Crippen LogP) is 1.61. The molecule has 1 aromatic carbocycles. The molecule has 0 saturated carbocycles. The zero-order valence-corrected chi connectivity index (χ0v) is 10.6. The number of rotatable bonds is 2. The van der Waals surface area contributed by atoms with Crippen molar-refractivity contribution >= 4 is 15.7 Å². The number of nitrogens with zero attached hydrogens (tertiary/aromatic N) is 1. The average Bonchev–Trinajstić information content (AvgIpc) is 2.29. The van der Waals surface area contributed by atoms with Gasteiger partial charge in [0.2, 0.25) is 10.0 Å². The Morgan fingerprint density at radius 2 is 1.88 bits per heavy atom. The summed E-state index contributed by atoms with van der Waals surface area (Å²) in [5, 5.41) is 0. The zero-order chi connectivity index (χ0) is 12.5. The maximum atomic E-state index is 12.3. The molecule has 4 nitrogen and oxygen atoms in total. The molecule has 5 heteroatoms. The van der Waals surface area contributed by atoms with Crippen molar-refractivity contribution in [3.8, 4) is 0 Å². The SMILES string of the molecule is CC1=CCCN(S(=O)(=O)c2ccc(N)cc2)C1. The van der Waals surface area contributed by atoms with Crippen LogP contribution < -0.4 is 5.73 Å². The summed E-state index contributed by atoms with van der Waals surface area (Å²) in [5.74, 6) is 0. The van der Waals surface area contributed by atoms with Crippen molar-refractivity contribution in [1.82, 2.24) is 4.31 Å². The molecule has 0 fully saturated rings. The number of hydrogen-bond donors (Lipinski definition) is 1. The molecule has 1 heterocycles. The second kappa shape index (κ2) is 4.50. The zero-order valence-electron chi connectivity index (χ0n) is 9.76. The van der Waals surface area contributed by atoms with Crippen LogP contribution in [0.3, 0.4) is 0 Å². The molecule has 0 radical (unpaired) electrons. The third kappa shape index (κ3) is 2.50. The highest BCUT2D eigenvalue weighted by atomic mass is 32.2. The second-order valence-corrected chi connectivity index (χ2v) is 6.18. The molecule has 1 aromatic rings. The molecule has 1 aliphatic heterocycles. The molecule has 0 saturated heterocycles. The number of benzene rings is 1. The Labute approximate surface area is 102 Å². The number of nitrogens with two attached hydrogens (primary N) is 1. The first kappa shape index (κ1) is 12.1. The topological polar surface area (TPSA) is 63.4 Å². The molecule has 92 valence electrons. The van der Waals surface area contributed by atoms with Gasteiger partial charge in [0.05, 0.1) is 4.90 Å². The first-order chi connectivity index (χ1) is 8.00. The molecule has 2 rings (SSSR count). The summed E-state index contributed by atoms with van der Waals surface area (Å²) in [6, 6.07) is 6.33. The third-order valence-electron chi connectivity index (χ3n) is 2.81. The lowest BCUT2D eigenvalue weighted by atomic mass is 10.2. The van der Waals surface area contributed by atoms with Crippen LogP contribution in [-0.4, -0.2) is 25.8 Å². The van der Waals surface area contributed by atoms with E-state index in [1.807, 2.05) is 6.92 Å². The van der Waals surface area contributed by atoms with Gasteiger partial charge < -0.3 is 5.73 Å². The van der Waals surface area contributed by atoms with Crippen LogP contribution in [0.15, 0.2) is 40.8 Å². The Hall–Kier alpha value is -1.33. The standard InChI is InChI=1S/C12H16N2O2S/c1-10-3-2-8-14(9-10)17(15,16)12-6-4-11(13)5-7-12/h3-7H,2,8-9,13H2,1H3. The Morgan fingerprint density at radius 3 is 2.47 bits per heavy atom. The van der Waals surface area contributed by atoms with Gasteiger partial charge in [-0.3, -0.25) is 0 Å². The van der Waals surface area contributed by atoms with Crippen LogP contribution in [-0.2, 0) is 10.0 Å². The molecule has 0 amide bonds. The third-order valence-corrected chi connectivity index (χ3v) is 4.67. The highest BCUT2D eigenvalue weighted by Gasteiger charge is 2.25. The van der Waals surface area contributed by atoms with Crippen LogP contribution >= 0.6 is 0 Å². The molecule has 0 atom stereocenters. The van der Waals surface area contributed by atoms with E-state index < -0.39 is 10.0 Å². The second-order valence-electron chi connectivity index (χ2n) is 4.25. The monoisotopic (exact) mass is 252 g/mol. The van der Waals surface area contributed by atoms with Crippen LogP contribution in [0.5, 0.6) is 0 Å². The number of nitrogen functional groups attached to an aromatic ring is 1. The molecular formula is C12H16N2O2S. The van der Waals surface area contributed by atoms with Gasteiger partial charge in [0, 0.05) is 18.8 Å². The van der Waals surface area contributed by atoms with E-state index in [0.717, 1.165) is 12.0 Å². The minimum Gasteiger partial charge on any atom is -0.399 e. The van der Waals surface area contributed by atoms with E-state index >= 15 is 0 Å². The predicted molar refractivity (Wildman–Crippen MR) is 68.0 cm³/mol. The van der Waals surface area contributed by atoms with Gasteiger partial charge in [0.15, 0.2) is 0 Å². The normalized spacial score (nSPS) is 17.8. The first-order valence-electron chi connectivity index (χ1n) is 5.51. The summed E-state index contributed by atoms with van der Waals surface area (Å²) < 4.78 is 26.1. The molecule has 0 bridgehead atoms. The molecule has 2 N–H and O–H groups in total. The van der Waals surface area contributed by atoms with Crippen LogP contribution in [0.1, 0.15) is 13.3 Å². The summed E-state index contributed by atoms with van der Waals surface area (Å²) in [6.07, 6.45) is 2.86. The van der Waals surface area contributed by atoms with Crippen molar-refractivity contribution in [2.24, 2.45) is 0 Å². The molecule has 0 unspecified atom stereocenters. The van der Waals surface area contributed by atoms with E-state index in [-0.39, 0.29) is 0 Å². The fourth-order valence-corrected chi connectivity index (χ4v) is 3.37. The Morgan fingerprint density at radius 1 is 1.24 bits per heavy atom. The van der Waals surface area contributed by atoms with Gasteiger partial charge in [0.1, 0.15) is 0 Å².